The predicted octanol–water partition coefficient (Wildman–Crippen LogP) is 2.85. The molecule has 0 spiro atoms. The first-order valence-corrected chi connectivity index (χ1v) is 7.52. The largest absolute Gasteiger partial charge is 0.378 e. The van der Waals surface area contributed by atoms with E-state index >= 15 is 0 Å². The minimum atomic E-state index is 0.419. The first-order valence-electron chi connectivity index (χ1n) is 6.98. The highest BCUT2D eigenvalue weighted by molar-refractivity contribution is 6.16. The van der Waals surface area contributed by atoms with Crippen LogP contribution in [0.4, 0.5) is 0 Å². The van der Waals surface area contributed by atoms with Crippen molar-refractivity contribution in [1.82, 2.24) is 14.8 Å². The van der Waals surface area contributed by atoms with Crippen LogP contribution in [-0.2, 0) is 17.0 Å². The van der Waals surface area contributed by atoms with E-state index in [9.17, 15) is 0 Å². The third-order valence-corrected chi connectivity index (χ3v) is 4.07. The molecule has 2 aliphatic rings. The molecule has 2 fully saturated rings. The second-order valence-corrected chi connectivity index (χ2v) is 5.56. The van der Waals surface area contributed by atoms with Gasteiger partial charge >= 0.3 is 0 Å². The maximum absolute atomic E-state index is 5.92. The normalized spacial score (nSPS) is 24.4. The van der Waals surface area contributed by atoms with Crippen molar-refractivity contribution in [2.45, 2.75) is 63.0 Å². The Labute approximate surface area is 113 Å². The average molecular weight is 270 g/mol. The van der Waals surface area contributed by atoms with E-state index in [-0.39, 0.29) is 0 Å². The Bertz CT molecular complexity index is 397. The van der Waals surface area contributed by atoms with Gasteiger partial charge in [0.25, 0.3) is 0 Å². The topological polar surface area (TPSA) is 39.9 Å². The number of hydrogen-bond acceptors (Lipinski definition) is 3. The Morgan fingerprint density at radius 1 is 1.17 bits per heavy atom. The fourth-order valence-electron chi connectivity index (χ4n) is 2.70. The van der Waals surface area contributed by atoms with E-state index in [4.69, 9.17) is 16.3 Å². The Morgan fingerprint density at radius 3 is 2.67 bits per heavy atom. The summed E-state index contributed by atoms with van der Waals surface area (Å²) < 4.78 is 8.03. The zero-order valence-corrected chi connectivity index (χ0v) is 11.4. The van der Waals surface area contributed by atoms with Crippen LogP contribution in [0.5, 0.6) is 0 Å². The molecule has 0 amide bonds. The molecule has 0 bridgehead atoms. The van der Waals surface area contributed by atoms with Crippen molar-refractivity contribution in [3.8, 4) is 0 Å². The smallest absolute Gasteiger partial charge is 0.148 e. The second-order valence-electron chi connectivity index (χ2n) is 5.29. The summed E-state index contributed by atoms with van der Waals surface area (Å²) in [4.78, 5) is 0. The van der Waals surface area contributed by atoms with Crippen LogP contribution in [0.2, 0.25) is 0 Å². The minimum absolute atomic E-state index is 0.419. The van der Waals surface area contributed by atoms with Crippen LogP contribution < -0.4 is 0 Å². The van der Waals surface area contributed by atoms with Gasteiger partial charge in [0.2, 0.25) is 0 Å². The molecule has 0 N–H and O–H groups in total. The zero-order chi connectivity index (χ0) is 12.4. The van der Waals surface area contributed by atoms with E-state index in [1.807, 2.05) is 0 Å². The van der Waals surface area contributed by atoms with Crippen molar-refractivity contribution in [2.75, 3.05) is 6.61 Å². The molecular formula is C13H20ClN3O. The molecule has 1 unspecified atom stereocenters. The Kier molecular flexibility index (Phi) is 3.85. The van der Waals surface area contributed by atoms with Crippen molar-refractivity contribution in [3.63, 3.8) is 0 Å². The first kappa shape index (κ1) is 12.4. The molecule has 1 aliphatic carbocycles. The van der Waals surface area contributed by atoms with Crippen molar-refractivity contribution in [1.29, 1.82) is 0 Å². The molecule has 1 saturated heterocycles. The fourth-order valence-corrected chi connectivity index (χ4v) is 2.88. The van der Waals surface area contributed by atoms with Crippen LogP contribution in [0.15, 0.2) is 0 Å². The summed E-state index contributed by atoms with van der Waals surface area (Å²) in [5.41, 5.74) is 0. The lowest BCUT2D eigenvalue weighted by molar-refractivity contribution is 0.0111. The van der Waals surface area contributed by atoms with Crippen molar-refractivity contribution < 1.29 is 4.74 Å². The third-order valence-electron chi connectivity index (χ3n) is 3.83. The van der Waals surface area contributed by atoms with Crippen LogP contribution in [0.25, 0.3) is 0 Å². The van der Waals surface area contributed by atoms with Crippen molar-refractivity contribution >= 4 is 11.6 Å². The molecule has 4 nitrogen and oxygen atoms in total. The molecule has 100 valence electrons. The van der Waals surface area contributed by atoms with E-state index in [0.717, 1.165) is 31.1 Å². The number of nitrogens with zero attached hydrogens (tertiary/aromatic N) is 3. The van der Waals surface area contributed by atoms with Gasteiger partial charge in [0.15, 0.2) is 0 Å². The third kappa shape index (κ3) is 2.69. The molecule has 1 saturated carbocycles. The van der Waals surface area contributed by atoms with Crippen LogP contribution in [0, 0.1) is 0 Å². The Balaban J connectivity index is 1.63. The molecule has 1 atom stereocenters. The van der Waals surface area contributed by atoms with Crippen LogP contribution in [-0.4, -0.2) is 27.5 Å². The van der Waals surface area contributed by atoms with Gasteiger partial charge in [-0.2, -0.15) is 0 Å². The number of alkyl halides is 1. The van der Waals surface area contributed by atoms with E-state index in [1.165, 1.54) is 32.1 Å². The number of ether oxygens (including phenoxy) is 1. The first-order chi connectivity index (χ1) is 8.88. The number of hydrogen-bond donors (Lipinski definition) is 0. The Hall–Kier alpha value is -0.610. The van der Waals surface area contributed by atoms with Crippen LogP contribution >= 0.6 is 11.6 Å². The van der Waals surface area contributed by atoms with Gasteiger partial charge < -0.3 is 9.30 Å². The highest BCUT2D eigenvalue weighted by Gasteiger charge is 2.29. The van der Waals surface area contributed by atoms with Gasteiger partial charge in [-0.1, -0.05) is 0 Å². The molecule has 0 aromatic carbocycles. The monoisotopic (exact) mass is 269 g/mol. The lowest BCUT2D eigenvalue weighted by atomic mass is 10.0. The van der Waals surface area contributed by atoms with Gasteiger partial charge in [0, 0.05) is 19.1 Å². The molecule has 1 aliphatic heterocycles. The molecule has 18 heavy (non-hydrogen) atoms. The SMILES string of the molecule is ClCc1nnc(CCC2CCCCO2)n1C1CC1. The minimum Gasteiger partial charge on any atom is -0.378 e. The lowest BCUT2D eigenvalue weighted by Crippen LogP contribution is -2.20. The van der Waals surface area contributed by atoms with Gasteiger partial charge in [0.05, 0.1) is 12.0 Å². The number of aromatic nitrogens is 3. The number of aryl methyl sites for hydroxylation is 1. The maximum Gasteiger partial charge on any atom is 0.148 e. The molecule has 1 aromatic heterocycles. The van der Waals surface area contributed by atoms with Crippen LogP contribution in [0.3, 0.4) is 0 Å². The van der Waals surface area contributed by atoms with E-state index in [1.54, 1.807) is 0 Å². The molecule has 3 rings (SSSR count). The van der Waals surface area contributed by atoms with E-state index in [2.05, 4.69) is 14.8 Å². The highest BCUT2D eigenvalue weighted by Crippen LogP contribution is 2.37. The average Bonchev–Trinajstić information content (AvgIpc) is 3.18. The van der Waals surface area contributed by atoms with Crippen molar-refractivity contribution in [3.05, 3.63) is 11.6 Å². The summed E-state index contributed by atoms with van der Waals surface area (Å²) in [6.45, 7) is 0.924. The summed E-state index contributed by atoms with van der Waals surface area (Å²) in [6, 6.07) is 0.607. The Morgan fingerprint density at radius 2 is 2.00 bits per heavy atom. The van der Waals surface area contributed by atoms with E-state index in [0.29, 0.717) is 18.0 Å². The summed E-state index contributed by atoms with van der Waals surface area (Å²) in [6.07, 6.45) is 8.64. The van der Waals surface area contributed by atoms with Crippen LogP contribution in [0.1, 0.15) is 56.2 Å². The highest BCUT2D eigenvalue weighted by atomic mass is 35.5. The van der Waals surface area contributed by atoms with Gasteiger partial charge in [0.1, 0.15) is 11.6 Å². The zero-order valence-electron chi connectivity index (χ0n) is 10.6. The predicted molar refractivity (Wildman–Crippen MR) is 69.8 cm³/mol. The van der Waals surface area contributed by atoms with Gasteiger partial charge in [-0.15, -0.1) is 21.8 Å². The second kappa shape index (κ2) is 5.57. The number of rotatable bonds is 5. The quantitative estimate of drug-likeness (QED) is 0.772. The number of halogens is 1. The molecule has 5 heteroatoms. The van der Waals surface area contributed by atoms with E-state index < -0.39 is 0 Å². The van der Waals surface area contributed by atoms with Gasteiger partial charge in [-0.25, -0.2) is 0 Å². The summed E-state index contributed by atoms with van der Waals surface area (Å²) in [7, 11) is 0. The standard InChI is InChI=1S/C13H20ClN3O/c14-9-13-16-15-12(17(13)10-4-5-10)7-6-11-3-1-2-8-18-11/h10-11H,1-9H2. The van der Waals surface area contributed by atoms with Gasteiger partial charge in [-0.05, 0) is 38.5 Å². The molecule has 0 radical (unpaired) electrons. The summed E-state index contributed by atoms with van der Waals surface area (Å²) in [5.74, 6) is 2.49. The maximum atomic E-state index is 5.92. The summed E-state index contributed by atoms with van der Waals surface area (Å²) >= 11 is 5.92. The molecule has 1 aromatic rings. The molecule has 2 heterocycles. The van der Waals surface area contributed by atoms with Gasteiger partial charge in [-0.3, -0.25) is 0 Å². The molecular weight excluding hydrogens is 250 g/mol. The summed E-state index contributed by atoms with van der Waals surface area (Å²) in [5, 5.41) is 8.51. The van der Waals surface area contributed by atoms with Crippen molar-refractivity contribution in [2.24, 2.45) is 0 Å². The fraction of sp³-hybridized carbons (Fsp3) is 0.846. The lowest BCUT2D eigenvalue weighted by Gasteiger charge is -2.22.